The van der Waals surface area contributed by atoms with Crippen molar-refractivity contribution < 1.29 is 9.53 Å². The largest absolute Gasteiger partial charge is 0.465 e. The highest BCUT2D eigenvalue weighted by molar-refractivity contribution is 7.09. The predicted octanol–water partition coefficient (Wildman–Crippen LogP) is 3.99. The van der Waals surface area contributed by atoms with Gasteiger partial charge in [-0.05, 0) is 43.0 Å². The van der Waals surface area contributed by atoms with Crippen molar-refractivity contribution in [3.8, 4) is 0 Å². The monoisotopic (exact) mass is 309 g/mol. The van der Waals surface area contributed by atoms with E-state index in [1.54, 1.807) is 11.3 Å². The lowest BCUT2D eigenvalue weighted by Gasteiger charge is -2.41. The van der Waals surface area contributed by atoms with E-state index in [0.717, 1.165) is 25.8 Å². The van der Waals surface area contributed by atoms with Gasteiger partial charge in [0.15, 0.2) is 0 Å². The molecule has 0 aromatic carbocycles. The van der Waals surface area contributed by atoms with Crippen LogP contribution in [0.4, 0.5) is 0 Å². The second-order valence-corrected chi connectivity index (χ2v) is 7.37. The van der Waals surface area contributed by atoms with Crippen LogP contribution in [-0.4, -0.2) is 18.1 Å². The van der Waals surface area contributed by atoms with Crippen molar-refractivity contribution in [1.82, 2.24) is 5.32 Å². The molecule has 0 spiro atoms. The number of carbonyl (C=O) groups is 1. The van der Waals surface area contributed by atoms with Crippen LogP contribution in [-0.2, 0) is 16.1 Å². The summed E-state index contributed by atoms with van der Waals surface area (Å²) in [5, 5.41) is 5.62. The topological polar surface area (TPSA) is 38.3 Å². The maximum absolute atomic E-state index is 12.6. The third kappa shape index (κ3) is 4.07. The molecule has 0 saturated heterocycles. The standard InChI is InChI=1S/C17H27NO2S/c1-4-20-16(19)17(18-12-15-8-6-10-21-15)9-5-7-14(11-17)13(2)3/h6,8,10,13-14,18H,4-5,7,9,11-12H2,1-3H3. The highest BCUT2D eigenvalue weighted by Gasteiger charge is 2.44. The quantitative estimate of drug-likeness (QED) is 0.808. The summed E-state index contributed by atoms with van der Waals surface area (Å²) < 4.78 is 5.38. The van der Waals surface area contributed by atoms with Crippen molar-refractivity contribution in [2.45, 2.75) is 58.5 Å². The molecule has 0 aliphatic heterocycles. The molecule has 1 heterocycles. The molecule has 2 rings (SSSR count). The summed E-state index contributed by atoms with van der Waals surface area (Å²) in [7, 11) is 0. The minimum atomic E-state index is -0.493. The van der Waals surface area contributed by atoms with Gasteiger partial charge in [0.25, 0.3) is 0 Å². The first-order chi connectivity index (χ1) is 10.1. The van der Waals surface area contributed by atoms with Gasteiger partial charge in [0, 0.05) is 11.4 Å². The molecule has 1 N–H and O–H groups in total. The van der Waals surface area contributed by atoms with E-state index in [9.17, 15) is 4.79 Å². The Balaban J connectivity index is 2.11. The van der Waals surface area contributed by atoms with Crippen LogP contribution in [0.3, 0.4) is 0 Å². The fourth-order valence-corrected chi connectivity index (χ4v) is 3.89. The number of rotatable bonds is 6. The smallest absolute Gasteiger partial charge is 0.326 e. The Labute approximate surface area is 132 Å². The Morgan fingerprint density at radius 2 is 2.38 bits per heavy atom. The van der Waals surface area contributed by atoms with E-state index >= 15 is 0 Å². The SMILES string of the molecule is CCOC(=O)C1(NCc2cccs2)CCCC(C(C)C)C1. The molecular weight excluding hydrogens is 282 g/mol. The van der Waals surface area contributed by atoms with E-state index in [4.69, 9.17) is 4.74 Å². The number of hydrogen-bond acceptors (Lipinski definition) is 4. The van der Waals surface area contributed by atoms with Crippen molar-refractivity contribution in [3.05, 3.63) is 22.4 Å². The van der Waals surface area contributed by atoms with E-state index in [2.05, 4.69) is 36.7 Å². The van der Waals surface area contributed by atoms with Gasteiger partial charge >= 0.3 is 5.97 Å². The van der Waals surface area contributed by atoms with E-state index in [0.29, 0.717) is 18.4 Å². The number of thiophene rings is 1. The molecule has 0 radical (unpaired) electrons. The number of esters is 1. The fourth-order valence-electron chi connectivity index (χ4n) is 3.24. The van der Waals surface area contributed by atoms with Crippen LogP contribution in [0.5, 0.6) is 0 Å². The van der Waals surface area contributed by atoms with Crippen LogP contribution in [0.2, 0.25) is 0 Å². The van der Waals surface area contributed by atoms with Gasteiger partial charge in [0.05, 0.1) is 6.61 Å². The lowest BCUT2D eigenvalue weighted by atomic mass is 9.71. The second-order valence-electron chi connectivity index (χ2n) is 6.34. The van der Waals surface area contributed by atoms with Crippen molar-refractivity contribution >= 4 is 17.3 Å². The average Bonchev–Trinajstić information content (AvgIpc) is 2.99. The first-order valence-electron chi connectivity index (χ1n) is 8.02. The minimum absolute atomic E-state index is 0.0630. The maximum atomic E-state index is 12.6. The minimum Gasteiger partial charge on any atom is -0.465 e. The summed E-state index contributed by atoms with van der Waals surface area (Å²) in [6.45, 7) is 7.60. The normalized spacial score (nSPS) is 26.0. The molecule has 1 saturated carbocycles. The predicted molar refractivity (Wildman–Crippen MR) is 87.3 cm³/mol. The Morgan fingerprint density at radius 3 is 3.00 bits per heavy atom. The van der Waals surface area contributed by atoms with Gasteiger partial charge in [-0.3, -0.25) is 10.1 Å². The summed E-state index contributed by atoms with van der Waals surface area (Å²) in [5.74, 6) is 1.15. The van der Waals surface area contributed by atoms with E-state index in [1.165, 1.54) is 11.3 Å². The number of nitrogens with one attached hydrogen (secondary N) is 1. The van der Waals surface area contributed by atoms with E-state index < -0.39 is 5.54 Å². The van der Waals surface area contributed by atoms with Gasteiger partial charge in [-0.15, -0.1) is 11.3 Å². The van der Waals surface area contributed by atoms with Gasteiger partial charge in [0.1, 0.15) is 5.54 Å². The van der Waals surface area contributed by atoms with Gasteiger partial charge in [-0.1, -0.05) is 32.8 Å². The van der Waals surface area contributed by atoms with Crippen LogP contribution in [0, 0.1) is 11.8 Å². The molecule has 0 bridgehead atoms. The zero-order chi connectivity index (χ0) is 15.3. The molecule has 2 atom stereocenters. The molecule has 1 aliphatic carbocycles. The Morgan fingerprint density at radius 1 is 1.57 bits per heavy atom. The zero-order valence-corrected chi connectivity index (χ0v) is 14.2. The molecule has 1 aromatic heterocycles. The number of carbonyl (C=O) groups excluding carboxylic acids is 1. The van der Waals surface area contributed by atoms with Crippen LogP contribution in [0.1, 0.15) is 51.3 Å². The Bertz CT molecular complexity index is 444. The summed E-state index contributed by atoms with van der Waals surface area (Å²) in [6, 6.07) is 4.16. The van der Waals surface area contributed by atoms with Gasteiger partial charge < -0.3 is 4.74 Å². The second kappa shape index (κ2) is 7.41. The first kappa shape index (κ1) is 16.5. The first-order valence-corrected chi connectivity index (χ1v) is 8.90. The van der Waals surface area contributed by atoms with Crippen LogP contribution in [0.25, 0.3) is 0 Å². The van der Waals surface area contributed by atoms with Crippen LogP contribution in [0.15, 0.2) is 17.5 Å². The fraction of sp³-hybridized carbons (Fsp3) is 0.706. The van der Waals surface area contributed by atoms with Crippen LogP contribution < -0.4 is 5.32 Å². The third-order valence-corrected chi connectivity index (χ3v) is 5.46. The van der Waals surface area contributed by atoms with Crippen molar-refractivity contribution in [2.24, 2.45) is 11.8 Å². The molecule has 21 heavy (non-hydrogen) atoms. The molecule has 0 amide bonds. The molecule has 4 heteroatoms. The average molecular weight is 309 g/mol. The molecule has 1 fully saturated rings. The van der Waals surface area contributed by atoms with Crippen molar-refractivity contribution in [1.29, 1.82) is 0 Å². The van der Waals surface area contributed by atoms with Gasteiger partial charge in [0.2, 0.25) is 0 Å². The molecule has 2 unspecified atom stereocenters. The molecule has 118 valence electrons. The molecule has 3 nitrogen and oxygen atoms in total. The van der Waals surface area contributed by atoms with Gasteiger partial charge in [-0.25, -0.2) is 0 Å². The summed E-state index contributed by atoms with van der Waals surface area (Å²) >= 11 is 1.73. The summed E-state index contributed by atoms with van der Waals surface area (Å²) in [6.07, 6.45) is 4.11. The number of hydrogen-bond donors (Lipinski definition) is 1. The summed E-state index contributed by atoms with van der Waals surface area (Å²) in [4.78, 5) is 13.8. The third-order valence-electron chi connectivity index (χ3n) is 4.58. The lowest BCUT2D eigenvalue weighted by molar-refractivity contribution is -0.154. The molecular formula is C17H27NO2S. The van der Waals surface area contributed by atoms with Crippen LogP contribution >= 0.6 is 11.3 Å². The molecule has 1 aromatic rings. The number of ether oxygens (including phenoxy) is 1. The van der Waals surface area contributed by atoms with E-state index in [1.807, 2.05) is 6.92 Å². The summed E-state index contributed by atoms with van der Waals surface area (Å²) in [5.41, 5.74) is -0.493. The maximum Gasteiger partial charge on any atom is 0.326 e. The van der Waals surface area contributed by atoms with E-state index in [-0.39, 0.29) is 5.97 Å². The zero-order valence-electron chi connectivity index (χ0n) is 13.4. The molecule has 1 aliphatic rings. The Hall–Kier alpha value is -0.870. The van der Waals surface area contributed by atoms with Gasteiger partial charge in [-0.2, -0.15) is 0 Å². The van der Waals surface area contributed by atoms with Crippen molar-refractivity contribution in [2.75, 3.05) is 6.61 Å². The Kier molecular flexibility index (Phi) is 5.82. The van der Waals surface area contributed by atoms with Crippen molar-refractivity contribution in [3.63, 3.8) is 0 Å². The lowest BCUT2D eigenvalue weighted by Crippen LogP contribution is -2.55. The highest BCUT2D eigenvalue weighted by atomic mass is 32.1. The highest BCUT2D eigenvalue weighted by Crippen LogP contribution is 2.37.